The van der Waals surface area contributed by atoms with Crippen LogP contribution in [-0.2, 0) is 4.74 Å². The van der Waals surface area contributed by atoms with Crippen LogP contribution in [0.1, 0.15) is 31.4 Å². The smallest absolute Gasteiger partial charge is 0.0501 e. The first kappa shape index (κ1) is 15.0. The number of halogens is 1. The van der Waals surface area contributed by atoms with Gasteiger partial charge in [-0.3, -0.25) is 0 Å². The summed E-state index contributed by atoms with van der Waals surface area (Å²) in [5, 5.41) is 13.2. The molecule has 1 heterocycles. The highest BCUT2D eigenvalue weighted by Crippen LogP contribution is 2.30. The van der Waals surface area contributed by atoms with Crippen molar-refractivity contribution in [2.24, 2.45) is 5.41 Å². The summed E-state index contributed by atoms with van der Waals surface area (Å²) in [5.74, 6) is 0. The molecule has 2 N–H and O–H groups in total. The van der Waals surface area contributed by atoms with Crippen LogP contribution in [0, 0.1) is 5.41 Å². The summed E-state index contributed by atoms with van der Waals surface area (Å²) in [6.07, 6.45) is 1.86. The van der Waals surface area contributed by atoms with Crippen LogP contribution in [0.25, 0.3) is 0 Å². The predicted octanol–water partition coefficient (Wildman–Crippen LogP) is 2.89. The molecule has 1 fully saturated rings. The maximum Gasteiger partial charge on any atom is 0.0501 e. The number of aliphatic hydroxyl groups is 1. The Labute approximate surface area is 123 Å². The van der Waals surface area contributed by atoms with Crippen molar-refractivity contribution in [2.45, 2.75) is 25.8 Å². The normalized spacial score (nSPS) is 20.2. The molecule has 3 nitrogen and oxygen atoms in total. The fourth-order valence-corrected chi connectivity index (χ4v) is 3.13. The average Bonchev–Trinajstić information content (AvgIpc) is 2.46. The van der Waals surface area contributed by atoms with E-state index >= 15 is 0 Å². The summed E-state index contributed by atoms with van der Waals surface area (Å²) in [5.41, 5.74) is 1.23. The van der Waals surface area contributed by atoms with E-state index in [0.29, 0.717) is 0 Å². The Morgan fingerprint density at radius 3 is 2.68 bits per heavy atom. The summed E-state index contributed by atoms with van der Waals surface area (Å²) < 4.78 is 6.52. The van der Waals surface area contributed by atoms with Gasteiger partial charge in [0.05, 0.1) is 6.61 Å². The number of rotatable bonds is 5. The van der Waals surface area contributed by atoms with Crippen molar-refractivity contribution < 1.29 is 9.84 Å². The topological polar surface area (TPSA) is 41.5 Å². The zero-order chi connectivity index (χ0) is 13.7. The molecule has 0 aliphatic carbocycles. The number of nitrogens with one attached hydrogen (secondary N) is 1. The molecule has 0 saturated carbocycles. The van der Waals surface area contributed by atoms with Crippen LogP contribution in [0.15, 0.2) is 28.7 Å². The Hall–Kier alpha value is -0.420. The van der Waals surface area contributed by atoms with Gasteiger partial charge in [0.1, 0.15) is 0 Å². The van der Waals surface area contributed by atoms with Gasteiger partial charge in [-0.15, -0.1) is 0 Å². The summed E-state index contributed by atoms with van der Waals surface area (Å²) in [4.78, 5) is 0. The zero-order valence-corrected chi connectivity index (χ0v) is 12.9. The van der Waals surface area contributed by atoms with Gasteiger partial charge in [0.15, 0.2) is 0 Å². The lowest BCUT2D eigenvalue weighted by Gasteiger charge is -2.36. The Morgan fingerprint density at radius 1 is 1.37 bits per heavy atom. The van der Waals surface area contributed by atoms with Gasteiger partial charge in [0.2, 0.25) is 0 Å². The second-order valence-corrected chi connectivity index (χ2v) is 6.25. The maximum atomic E-state index is 9.67. The van der Waals surface area contributed by atoms with Gasteiger partial charge in [0, 0.05) is 35.7 Å². The molecule has 0 aromatic heterocycles. The summed E-state index contributed by atoms with van der Waals surface area (Å²) in [7, 11) is 0. The highest BCUT2D eigenvalue weighted by molar-refractivity contribution is 9.10. The fraction of sp³-hybridized carbons (Fsp3) is 0.600. The second-order valence-electron chi connectivity index (χ2n) is 5.39. The van der Waals surface area contributed by atoms with Gasteiger partial charge in [0.25, 0.3) is 0 Å². The second kappa shape index (κ2) is 6.84. The Balaban J connectivity index is 1.95. The third-order valence-corrected chi connectivity index (χ3v) is 4.77. The van der Waals surface area contributed by atoms with E-state index in [9.17, 15) is 5.11 Å². The molecule has 4 heteroatoms. The van der Waals surface area contributed by atoms with Gasteiger partial charge in [-0.05, 0) is 31.4 Å². The van der Waals surface area contributed by atoms with E-state index < -0.39 is 0 Å². The van der Waals surface area contributed by atoms with E-state index in [1.165, 1.54) is 5.56 Å². The molecule has 1 aliphatic heterocycles. The predicted molar refractivity (Wildman–Crippen MR) is 80.1 cm³/mol. The molecule has 0 radical (unpaired) electrons. The summed E-state index contributed by atoms with van der Waals surface area (Å²) in [6.45, 7) is 4.73. The van der Waals surface area contributed by atoms with E-state index in [1.54, 1.807) is 0 Å². The Morgan fingerprint density at radius 2 is 2.05 bits per heavy atom. The van der Waals surface area contributed by atoms with Gasteiger partial charge >= 0.3 is 0 Å². The third kappa shape index (κ3) is 3.78. The number of hydrogen-bond acceptors (Lipinski definition) is 3. The first-order valence-electron chi connectivity index (χ1n) is 6.83. The highest BCUT2D eigenvalue weighted by atomic mass is 79.9. The largest absolute Gasteiger partial charge is 0.396 e. The van der Waals surface area contributed by atoms with Crippen molar-refractivity contribution in [1.82, 2.24) is 5.32 Å². The van der Waals surface area contributed by atoms with Crippen LogP contribution in [0.4, 0.5) is 0 Å². The molecule has 1 aromatic carbocycles. The first-order valence-corrected chi connectivity index (χ1v) is 7.63. The van der Waals surface area contributed by atoms with E-state index in [4.69, 9.17) is 4.74 Å². The molecule has 1 saturated heterocycles. The third-order valence-electron chi connectivity index (χ3n) is 4.04. The Bertz CT molecular complexity index is 405. The van der Waals surface area contributed by atoms with E-state index in [2.05, 4.69) is 46.4 Å². The standard InChI is InChI=1S/C15H22BrNO2/c1-12(13-4-2-3-5-14(13)16)17-10-15(11-18)6-8-19-9-7-15/h2-5,12,17-18H,6-11H2,1H3. The zero-order valence-electron chi connectivity index (χ0n) is 11.4. The lowest BCUT2D eigenvalue weighted by Crippen LogP contribution is -2.42. The molecule has 2 rings (SSSR count). The molecule has 1 atom stereocenters. The van der Waals surface area contributed by atoms with Crippen molar-refractivity contribution in [3.8, 4) is 0 Å². The van der Waals surface area contributed by atoms with Gasteiger partial charge in [-0.25, -0.2) is 0 Å². The quantitative estimate of drug-likeness (QED) is 0.873. The van der Waals surface area contributed by atoms with Crippen molar-refractivity contribution in [2.75, 3.05) is 26.4 Å². The number of ether oxygens (including phenoxy) is 1. The lowest BCUT2D eigenvalue weighted by atomic mass is 9.80. The summed E-state index contributed by atoms with van der Waals surface area (Å²) in [6, 6.07) is 8.52. The first-order chi connectivity index (χ1) is 9.17. The van der Waals surface area contributed by atoms with Crippen LogP contribution in [-0.4, -0.2) is 31.5 Å². The van der Waals surface area contributed by atoms with Crippen LogP contribution < -0.4 is 5.32 Å². The highest BCUT2D eigenvalue weighted by Gasteiger charge is 2.32. The van der Waals surface area contributed by atoms with Crippen LogP contribution >= 0.6 is 15.9 Å². The monoisotopic (exact) mass is 327 g/mol. The van der Waals surface area contributed by atoms with Gasteiger partial charge in [-0.1, -0.05) is 34.1 Å². The van der Waals surface area contributed by atoms with E-state index in [-0.39, 0.29) is 18.1 Å². The molecule has 1 unspecified atom stereocenters. The minimum absolute atomic E-state index is 0.0201. The molecule has 1 aromatic rings. The van der Waals surface area contributed by atoms with E-state index in [1.807, 2.05) is 6.07 Å². The SMILES string of the molecule is CC(NCC1(CO)CCOCC1)c1ccccc1Br. The number of hydrogen-bond donors (Lipinski definition) is 2. The lowest BCUT2D eigenvalue weighted by molar-refractivity contribution is -0.0163. The number of aliphatic hydroxyl groups excluding tert-OH is 1. The fourth-order valence-electron chi connectivity index (χ4n) is 2.50. The molecule has 19 heavy (non-hydrogen) atoms. The molecule has 106 valence electrons. The van der Waals surface area contributed by atoms with Gasteiger partial charge in [-0.2, -0.15) is 0 Å². The molecular formula is C15H22BrNO2. The minimum Gasteiger partial charge on any atom is -0.396 e. The average molecular weight is 328 g/mol. The Kier molecular flexibility index (Phi) is 5.39. The van der Waals surface area contributed by atoms with Crippen molar-refractivity contribution in [3.05, 3.63) is 34.3 Å². The van der Waals surface area contributed by atoms with Crippen LogP contribution in [0.3, 0.4) is 0 Å². The van der Waals surface area contributed by atoms with Crippen LogP contribution in [0.5, 0.6) is 0 Å². The molecule has 1 aliphatic rings. The minimum atomic E-state index is -0.0201. The van der Waals surface area contributed by atoms with Crippen molar-refractivity contribution in [3.63, 3.8) is 0 Å². The molecule has 0 amide bonds. The van der Waals surface area contributed by atoms with Crippen molar-refractivity contribution in [1.29, 1.82) is 0 Å². The number of benzene rings is 1. The molecule has 0 bridgehead atoms. The molecular weight excluding hydrogens is 306 g/mol. The van der Waals surface area contributed by atoms with Gasteiger partial charge < -0.3 is 15.2 Å². The summed E-state index contributed by atoms with van der Waals surface area (Å²) >= 11 is 3.58. The van der Waals surface area contributed by atoms with Crippen LogP contribution in [0.2, 0.25) is 0 Å². The van der Waals surface area contributed by atoms with E-state index in [0.717, 1.165) is 37.1 Å². The van der Waals surface area contributed by atoms with Crippen molar-refractivity contribution >= 4 is 15.9 Å². The maximum absolute atomic E-state index is 9.67. The molecule has 0 spiro atoms.